The van der Waals surface area contributed by atoms with E-state index in [0.29, 0.717) is 0 Å². The molecule has 0 aliphatic carbocycles. The van der Waals surface area contributed by atoms with Gasteiger partial charge in [0.2, 0.25) is 11.5 Å². The number of rotatable bonds is 0. The van der Waals surface area contributed by atoms with Gasteiger partial charge in [0.15, 0.2) is 0 Å². The van der Waals surface area contributed by atoms with Gasteiger partial charge in [-0.2, -0.15) is 0 Å². The summed E-state index contributed by atoms with van der Waals surface area (Å²) >= 11 is 0. The average Bonchev–Trinajstić information content (AvgIpc) is 2.39. The molecule has 0 aromatic heterocycles. The van der Waals surface area contributed by atoms with E-state index >= 15 is 0 Å². The maximum Gasteiger partial charge on any atom is 0.276 e. The lowest BCUT2D eigenvalue weighted by Crippen LogP contribution is -2.19. The smallest absolute Gasteiger partial charge is 0.276 e. The largest absolute Gasteiger partial charge is 0.441 e. The van der Waals surface area contributed by atoms with Crippen molar-refractivity contribution in [1.82, 2.24) is 0 Å². The molecule has 1 aromatic rings. The van der Waals surface area contributed by atoms with Crippen LogP contribution in [-0.2, 0) is 0 Å². The average molecular weight is 96.0 g/mol. The maximum absolute atomic E-state index is 10.1. The fourth-order valence-electron chi connectivity index (χ4n) is 0.519. The first kappa shape index (κ1) is 2.96. The van der Waals surface area contributed by atoms with Crippen molar-refractivity contribution in [2.75, 3.05) is 0 Å². The molecule has 1 aliphatic heterocycles. The van der Waals surface area contributed by atoms with Crippen LogP contribution in [-0.4, -0.2) is 0 Å². The molecule has 0 spiro atoms. The Hall–Kier alpha value is -1.12. The van der Waals surface area contributed by atoms with Crippen LogP contribution in [0.2, 0.25) is 0 Å². The van der Waals surface area contributed by atoms with Crippen LogP contribution in [0.5, 0.6) is 11.5 Å². The van der Waals surface area contributed by atoms with E-state index in [0.717, 1.165) is 0 Å². The molecule has 1 aromatic carbocycles. The summed E-state index contributed by atoms with van der Waals surface area (Å²) in [5.41, 5.74) is -0.926. The molecule has 1 aliphatic rings. The summed E-state index contributed by atoms with van der Waals surface area (Å²) < 4.78 is 4.39. The fourth-order valence-corrected chi connectivity index (χ4v) is 0.519. The Kier molecular flexibility index (Phi) is 0.220. The Morgan fingerprint density at radius 1 is 1.00 bits per heavy atom. The summed E-state index contributed by atoms with van der Waals surface area (Å²) in [5, 5.41) is 0. The van der Waals surface area contributed by atoms with Gasteiger partial charge in [-0.1, -0.05) is 0 Å². The van der Waals surface area contributed by atoms with Crippen LogP contribution in [0.25, 0.3) is 0 Å². The fraction of sp³-hybridized carbons (Fsp3) is 0. The molecular formula is C4O3. The van der Waals surface area contributed by atoms with Gasteiger partial charge in [-0.3, -0.25) is 9.59 Å². The van der Waals surface area contributed by atoms with Gasteiger partial charge in [0.25, 0.3) is 10.9 Å². The zero-order chi connectivity index (χ0) is 5.02. The molecule has 0 bridgehead atoms. The van der Waals surface area contributed by atoms with Gasteiger partial charge in [0, 0.05) is 0 Å². The van der Waals surface area contributed by atoms with Crippen molar-refractivity contribution in [1.29, 1.82) is 0 Å². The first-order valence-corrected chi connectivity index (χ1v) is 1.82. The molecule has 0 saturated heterocycles. The van der Waals surface area contributed by atoms with Crippen molar-refractivity contribution >= 4 is 0 Å². The summed E-state index contributed by atoms with van der Waals surface area (Å²) in [6.07, 6.45) is 0. The molecule has 7 heavy (non-hydrogen) atoms. The minimum absolute atomic E-state index is 0.282. The molecule has 2 rings (SSSR count). The molecule has 0 fully saturated rings. The van der Waals surface area contributed by atoms with E-state index in [2.05, 4.69) is 4.74 Å². The molecule has 34 valence electrons. The lowest BCUT2D eigenvalue weighted by atomic mass is 10.3. The number of hydrogen-bond donors (Lipinski definition) is 0. The Balaban J connectivity index is 3.10. The van der Waals surface area contributed by atoms with E-state index in [4.69, 9.17) is 0 Å². The number of fused-ring (bicyclic) bond motifs is 1. The van der Waals surface area contributed by atoms with E-state index in [9.17, 15) is 9.59 Å². The molecule has 3 heteroatoms. The molecule has 0 atom stereocenters. The third-order valence-electron chi connectivity index (χ3n) is 0.987. The van der Waals surface area contributed by atoms with Gasteiger partial charge >= 0.3 is 0 Å². The van der Waals surface area contributed by atoms with E-state index < -0.39 is 10.9 Å². The quantitative estimate of drug-likeness (QED) is 0.324. The van der Waals surface area contributed by atoms with Crippen LogP contribution in [0.3, 0.4) is 0 Å². The van der Waals surface area contributed by atoms with Crippen molar-refractivity contribution in [2.24, 2.45) is 0 Å². The minimum Gasteiger partial charge on any atom is -0.441 e. The number of ether oxygens (including phenoxy) is 1. The second-order valence-electron chi connectivity index (χ2n) is 1.42. The van der Waals surface area contributed by atoms with Gasteiger partial charge in [-0.05, 0) is 0 Å². The van der Waals surface area contributed by atoms with Crippen LogP contribution in [0, 0.1) is 0 Å². The van der Waals surface area contributed by atoms with Gasteiger partial charge < -0.3 is 4.74 Å². The van der Waals surface area contributed by atoms with E-state index in [1.165, 1.54) is 0 Å². The highest BCUT2D eigenvalue weighted by Gasteiger charge is 2.37. The normalized spacial score (nSPS) is 13.1. The molecule has 3 nitrogen and oxygen atoms in total. The van der Waals surface area contributed by atoms with Gasteiger partial charge in [0.05, 0.1) is 0 Å². The summed E-state index contributed by atoms with van der Waals surface area (Å²) in [5.74, 6) is 0.565. The SMILES string of the molecule is O=c1c2c(c1=O)O2. The Bertz CT molecular complexity index is 260. The monoisotopic (exact) mass is 96.0 g/mol. The third kappa shape index (κ3) is 0.142. The second-order valence-corrected chi connectivity index (χ2v) is 1.42. The predicted molar refractivity (Wildman–Crippen MR) is 21.4 cm³/mol. The predicted octanol–water partition coefficient (Wildman–Crippen LogP) is -0.612. The highest BCUT2D eigenvalue weighted by molar-refractivity contribution is 5.59. The van der Waals surface area contributed by atoms with Crippen molar-refractivity contribution in [3.8, 4) is 11.5 Å². The standard InChI is InChI=1S/C4O3/c5-1-2(6)4-3(1)7-4. The lowest BCUT2D eigenvalue weighted by molar-refractivity contribution is 0.656. The first-order valence-electron chi connectivity index (χ1n) is 1.82. The Labute approximate surface area is 37.8 Å². The molecule has 0 amide bonds. The summed E-state index contributed by atoms with van der Waals surface area (Å²) in [7, 11) is 0. The van der Waals surface area contributed by atoms with Crippen molar-refractivity contribution in [3.05, 3.63) is 20.4 Å². The lowest BCUT2D eigenvalue weighted by Gasteiger charge is -1.59. The zero-order valence-corrected chi connectivity index (χ0v) is 3.22. The molecule has 0 N–H and O–H groups in total. The molecule has 0 unspecified atom stereocenters. The first-order chi connectivity index (χ1) is 3.30. The van der Waals surface area contributed by atoms with Crippen LogP contribution < -0.4 is 15.6 Å². The highest BCUT2D eigenvalue weighted by atomic mass is 16.6. The summed E-state index contributed by atoms with van der Waals surface area (Å²) in [6.45, 7) is 0. The highest BCUT2D eigenvalue weighted by Crippen LogP contribution is 2.38. The van der Waals surface area contributed by atoms with Gasteiger partial charge in [-0.15, -0.1) is 0 Å². The second kappa shape index (κ2) is 0.521. The van der Waals surface area contributed by atoms with Crippen molar-refractivity contribution < 1.29 is 4.74 Å². The minimum atomic E-state index is -0.463. The molecular weight excluding hydrogens is 96.0 g/mol. The summed E-state index contributed by atoms with van der Waals surface area (Å²) in [6, 6.07) is 0. The Morgan fingerprint density at radius 2 is 1.43 bits per heavy atom. The van der Waals surface area contributed by atoms with Crippen LogP contribution in [0.1, 0.15) is 0 Å². The Morgan fingerprint density at radius 3 is 1.57 bits per heavy atom. The van der Waals surface area contributed by atoms with Gasteiger partial charge in [-0.25, -0.2) is 0 Å². The number of hydrogen-bond acceptors (Lipinski definition) is 3. The van der Waals surface area contributed by atoms with E-state index in [1.807, 2.05) is 0 Å². The van der Waals surface area contributed by atoms with Crippen molar-refractivity contribution in [3.63, 3.8) is 0 Å². The van der Waals surface area contributed by atoms with E-state index in [1.54, 1.807) is 0 Å². The topological polar surface area (TPSA) is 46.7 Å². The maximum atomic E-state index is 10.1. The van der Waals surface area contributed by atoms with Crippen LogP contribution in [0.15, 0.2) is 9.59 Å². The molecule has 0 radical (unpaired) electrons. The van der Waals surface area contributed by atoms with Crippen molar-refractivity contribution in [2.45, 2.75) is 0 Å². The van der Waals surface area contributed by atoms with Gasteiger partial charge in [0.1, 0.15) is 0 Å². The summed E-state index contributed by atoms with van der Waals surface area (Å²) in [4.78, 5) is 20.1. The third-order valence-corrected chi connectivity index (χ3v) is 0.987. The van der Waals surface area contributed by atoms with E-state index in [-0.39, 0.29) is 11.5 Å². The van der Waals surface area contributed by atoms with Crippen LogP contribution >= 0.6 is 0 Å². The zero-order valence-electron chi connectivity index (χ0n) is 3.22. The molecule has 0 saturated carbocycles. The molecule has 1 heterocycles. The van der Waals surface area contributed by atoms with Crippen LogP contribution in [0.4, 0.5) is 0 Å².